The van der Waals surface area contributed by atoms with E-state index in [9.17, 15) is 3.83 Å². The third kappa shape index (κ3) is 3.64. The van der Waals surface area contributed by atoms with E-state index in [1.54, 1.807) is 0 Å². The second kappa shape index (κ2) is 6.15. The van der Waals surface area contributed by atoms with Crippen LogP contribution in [0.3, 0.4) is 0 Å². The van der Waals surface area contributed by atoms with Crippen molar-refractivity contribution in [1.29, 1.82) is 0 Å². The van der Waals surface area contributed by atoms with Gasteiger partial charge in [0.15, 0.2) is 0 Å². The maximum absolute atomic E-state index is 12.3. The molecule has 0 amide bonds. The monoisotopic (exact) mass is 384 g/mol. The molecule has 2 aromatic rings. The second-order valence-corrected chi connectivity index (χ2v) is 9.99. The van der Waals surface area contributed by atoms with Crippen LogP contribution in [0.25, 0.3) is 0 Å². The van der Waals surface area contributed by atoms with Crippen molar-refractivity contribution >= 4 is 28.8 Å². The van der Waals surface area contributed by atoms with Crippen LogP contribution >= 0.6 is 0 Å². The van der Waals surface area contributed by atoms with E-state index >= 15 is 0 Å². The molecule has 0 atom stereocenters. The zero-order valence-electron chi connectivity index (χ0n) is 10.7. The Labute approximate surface area is 124 Å². The average molecular weight is 382 g/mol. The first-order valence-electron chi connectivity index (χ1n) is 6.38. The predicted molar refractivity (Wildman–Crippen MR) is 79.9 cm³/mol. The van der Waals surface area contributed by atoms with E-state index in [2.05, 4.69) is 48.5 Å². The van der Waals surface area contributed by atoms with Crippen LogP contribution in [0.2, 0.25) is 0 Å². The summed E-state index contributed by atoms with van der Waals surface area (Å²) in [4.78, 5) is 0. The second-order valence-electron chi connectivity index (χ2n) is 4.86. The van der Waals surface area contributed by atoms with Crippen molar-refractivity contribution in [2.75, 3.05) is 0 Å². The molecule has 1 aliphatic heterocycles. The predicted octanol–water partition coefficient (Wildman–Crippen LogP) is 2.69. The van der Waals surface area contributed by atoms with Crippen LogP contribution in [-0.4, -0.2) is 28.8 Å². The molecule has 19 heavy (non-hydrogen) atoms. The van der Waals surface area contributed by atoms with Gasteiger partial charge in [-0.3, -0.25) is 0 Å². The minimum atomic E-state index is -1.79. The van der Waals surface area contributed by atoms with Crippen LogP contribution in [0.4, 0.5) is 0 Å². The molecule has 1 aliphatic rings. The van der Waals surface area contributed by atoms with Crippen LogP contribution < -0.4 is 0 Å². The van der Waals surface area contributed by atoms with Crippen LogP contribution in [0.5, 0.6) is 0 Å². The molecule has 4 bridgehead atoms. The Kier molecular flexibility index (Phi) is 4.30. The molecule has 1 heterocycles. The number of hydrogen-bond donors (Lipinski definition) is 0. The molecule has 0 fully saturated rings. The van der Waals surface area contributed by atoms with Gasteiger partial charge in [-0.2, -0.15) is 0 Å². The molecule has 98 valence electrons. The van der Waals surface area contributed by atoms with Crippen molar-refractivity contribution < 1.29 is 3.83 Å². The number of hydrogen-bond acceptors (Lipinski definition) is 1. The first-order chi connectivity index (χ1) is 9.29. The van der Waals surface area contributed by atoms with Crippen molar-refractivity contribution in [3.63, 3.8) is 0 Å². The first-order valence-corrected chi connectivity index (χ1v) is 11.9. The van der Waals surface area contributed by atoms with Gasteiger partial charge in [-0.05, 0) is 0 Å². The normalized spacial score (nSPS) is 16.4. The molecule has 0 N–H and O–H groups in total. The Morgan fingerprint density at radius 1 is 0.789 bits per heavy atom. The van der Waals surface area contributed by atoms with Crippen molar-refractivity contribution in [3.05, 3.63) is 70.8 Å². The summed E-state index contributed by atoms with van der Waals surface area (Å²) in [6, 6.07) is 17.4. The van der Waals surface area contributed by atoms with E-state index in [0.717, 1.165) is 10.6 Å². The van der Waals surface area contributed by atoms with Gasteiger partial charge in [-0.25, -0.2) is 0 Å². The van der Waals surface area contributed by atoms with Gasteiger partial charge in [0, 0.05) is 0 Å². The summed E-state index contributed by atoms with van der Waals surface area (Å²) in [5, 5.41) is 3.89. The molecule has 3 rings (SSSR count). The fourth-order valence-corrected chi connectivity index (χ4v) is 6.81. The Bertz CT molecular complexity index is 556. The third-order valence-corrected chi connectivity index (χ3v) is 8.18. The topological polar surface area (TPSA) is 17.1 Å². The van der Waals surface area contributed by atoms with Crippen molar-refractivity contribution in [2.45, 2.75) is 21.3 Å². The van der Waals surface area contributed by atoms with E-state index < -0.39 is 13.8 Å². The molecular weight excluding hydrogens is 366 g/mol. The molecule has 0 saturated carbocycles. The molecule has 1 nitrogen and oxygen atoms in total. The molecule has 0 saturated heterocycles. The van der Waals surface area contributed by atoms with Gasteiger partial charge in [0.2, 0.25) is 0 Å². The summed E-state index contributed by atoms with van der Waals surface area (Å²) >= 11 is -1.17. The molecule has 0 radical (unpaired) electrons. The van der Waals surface area contributed by atoms with Crippen LogP contribution in [0, 0.1) is 0 Å². The molecular formula is C16H16OSe2. The quantitative estimate of drug-likeness (QED) is 0.641. The maximum atomic E-state index is 12.3. The Balaban J connectivity index is 1.91. The van der Waals surface area contributed by atoms with Gasteiger partial charge < -0.3 is 0 Å². The molecule has 0 aromatic heterocycles. The van der Waals surface area contributed by atoms with E-state index in [-0.39, 0.29) is 0 Å². The number of fused-ring (bicyclic) bond motifs is 4. The van der Waals surface area contributed by atoms with Gasteiger partial charge in [-0.1, -0.05) is 0 Å². The summed E-state index contributed by atoms with van der Waals surface area (Å²) in [6.45, 7) is 0. The molecule has 3 heteroatoms. The molecule has 0 spiro atoms. The van der Waals surface area contributed by atoms with Crippen LogP contribution in [0.1, 0.15) is 22.3 Å². The van der Waals surface area contributed by atoms with Crippen molar-refractivity contribution in [3.8, 4) is 0 Å². The van der Waals surface area contributed by atoms with E-state index in [1.165, 1.54) is 32.9 Å². The number of benzene rings is 2. The van der Waals surface area contributed by atoms with Gasteiger partial charge in [0.25, 0.3) is 0 Å². The zero-order valence-corrected chi connectivity index (χ0v) is 14.1. The van der Waals surface area contributed by atoms with Gasteiger partial charge in [-0.15, -0.1) is 0 Å². The summed E-state index contributed by atoms with van der Waals surface area (Å²) < 4.78 is 12.3. The Morgan fingerprint density at radius 2 is 1.26 bits per heavy atom. The number of rotatable bonds is 0. The summed E-state index contributed by atoms with van der Waals surface area (Å²) in [7, 11) is 0. The molecule has 0 unspecified atom stereocenters. The SMILES string of the molecule is O=[Se]1Cc2cccc(c2)C[Se]Cc2cccc(c2)C1. The van der Waals surface area contributed by atoms with E-state index in [4.69, 9.17) is 0 Å². The average Bonchev–Trinajstić information content (AvgIpc) is 2.38. The molecule has 2 aromatic carbocycles. The Hall–Kier alpha value is -0.721. The van der Waals surface area contributed by atoms with Crippen molar-refractivity contribution in [1.82, 2.24) is 0 Å². The minimum absolute atomic E-state index is 0.615. The van der Waals surface area contributed by atoms with E-state index in [1.807, 2.05) is 0 Å². The summed E-state index contributed by atoms with van der Waals surface area (Å²) in [5.41, 5.74) is 5.33. The standard InChI is InChI=1S/C16H16OSe2/c17-19-11-15-5-1-3-13(7-15)9-18-10-14-4-2-6-16(8-14)12-19/h1-8H,9-12H2. The van der Waals surface area contributed by atoms with Gasteiger partial charge in [0.05, 0.1) is 0 Å². The third-order valence-electron chi connectivity index (χ3n) is 3.18. The molecule has 0 aliphatic carbocycles. The fourth-order valence-electron chi connectivity index (χ4n) is 2.33. The zero-order chi connectivity index (χ0) is 13.1. The van der Waals surface area contributed by atoms with E-state index in [0.29, 0.717) is 15.0 Å². The van der Waals surface area contributed by atoms with Crippen molar-refractivity contribution in [2.24, 2.45) is 0 Å². The van der Waals surface area contributed by atoms with Crippen LogP contribution in [0.15, 0.2) is 48.5 Å². The van der Waals surface area contributed by atoms with Gasteiger partial charge in [0.1, 0.15) is 0 Å². The summed E-state index contributed by atoms with van der Waals surface area (Å²) in [5.74, 6) is 0. The fraction of sp³-hybridized carbons (Fsp3) is 0.250. The summed E-state index contributed by atoms with van der Waals surface area (Å²) in [6.07, 6.45) is 0. The first kappa shape index (κ1) is 13.3. The van der Waals surface area contributed by atoms with Gasteiger partial charge >= 0.3 is 125 Å². The Morgan fingerprint density at radius 3 is 1.79 bits per heavy atom. The van der Waals surface area contributed by atoms with Crippen LogP contribution in [-0.2, 0) is 25.1 Å².